The summed E-state index contributed by atoms with van der Waals surface area (Å²) >= 11 is 14.0. The number of hydrogen-bond acceptors (Lipinski definition) is 5. The van der Waals surface area contributed by atoms with Gasteiger partial charge < -0.3 is 9.84 Å². The van der Waals surface area contributed by atoms with Gasteiger partial charge in [-0.1, -0.05) is 23.2 Å². The molecular weight excluding hydrogens is 403 g/mol. The summed E-state index contributed by atoms with van der Waals surface area (Å²) in [6, 6.07) is 12.7. The van der Waals surface area contributed by atoms with Gasteiger partial charge in [0.15, 0.2) is 0 Å². The molecule has 0 saturated carbocycles. The monoisotopic (exact) mass is 416 g/mol. The van der Waals surface area contributed by atoms with Crippen molar-refractivity contribution in [1.29, 1.82) is 0 Å². The fourth-order valence-corrected chi connectivity index (χ4v) is 4.61. The van der Waals surface area contributed by atoms with Gasteiger partial charge in [0, 0.05) is 33.2 Å². The van der Waals surface area contributed by atoms with Gasteiger partial charge in [-0.05, 0) is 53.2 Å². The van der Waals surface area contributed by atoms with Gasteiger partial charge in [-0.3, -0.25) is 0 Å². The summed E-state index contributed by atoms with van der Waals surface area (Å²) in [7, 11) is 0. The van der Waals surface area contributed by atoms with Gasteiger partial charge in [0.25, 0.3) is 0 Å². The van der Waals surface area contributed by atoms with Crippen molar-refractivity contribution in [3.8, 4) is 11.5 Å². The Morgan fingerprint density at radius 2 is 1.93 bits per heavy atom. The van der Waals surface area contributed by atoms with Crippen LogP contribution in [0, 0.1) is 0 Å². The van der Waals surface area contributed by atoms with E-state index in [1.165, 1.54) is 0 Å². The van der Waals surface area contributed by atoms with Gasteiger partial charge in [-0.15, -0.1) is 0 Å². The van der Waals surface area contributed by atoms with Crippen LogP contribution in [0.25, 0.3) is 0 Å². The fraction of sp³-hybridized carbons (Fsp3) is 0.150. The van der Waals surface area contributed by atoms with Crippen molar-refractivity contribution in [2.45, 2.75) is 18.7 Å². The number of phenols is 1. The lowest BCUT2D eigenvalue weighted by Gasteiger charge is -2.37. The first kappa shape index (κ1) is 16.9. The molecule has 2 aromatic carbocycles. The van der Waals surface area contributed by atoms with Gasteiger partial charge in [0.2, 0.25) is 6.23 Å². The summed E-state index contributed by atoms with van der Waals surface area (Å²) in [5, 5.41) is 22.4. The maximum atomic E-state index is 10.3. The highest BCUT2D eigenvalue weighted by Gasteiger charge is 2.41. The number of thiophene rings is 1. The topological polar surface area (TPSA) is 45.1 Å². The molecule has 0 bridgehead atoms. The maximum Gasteiger partial charge on any atom is 0.214 e. The van der Waals surface area contributed by atoms with Crippen molar-refractivity contribution in [1.82, 2.24) is 5.01 Å². The molecule has 5 rings (SSSR count). The van der Waals surface area contributed by atoms with Crippen molar-refractivity contribution in [3.63, 3.8) is 0 Å². The summed E-state index contributed by atoms with van der Waals surface area (Å²) in [4.78, 5) is 0. The molecule has 0 fully saturated rings. The van der Waals surface area contributed by atoms with Crippen LogP contribution < -0.4 is 4.74 Å². The Hall–Kier alpha value is -2.21. The first-order chi connectivity index (χ1) is 13.1. The molecule has 7 heteroatoms. The van der Waals surface area contributed by atoms with Gasteiger partial charge in [-0.2, -0.15) is 16.4 Å². The molecule has 0 aliphatic carbocycles. The second-order valence-electron chi connectivity index (χ2n) is 6.52. The Morgan fingerprint density at radius 1 is 1.11 bits per heavy atom. The van der Waals surface area contributed by atoms with Gasteiger partial charge in [0.05, 0.1) is 11.8 Å². The Morgan fingerprint density at radius 3 is 2.74 bits per heavy atom. The number of phenolic OH excluding ortho intramolecular Hbond substituents is 1. The molecule has 1 aromatic heterocycles. The lowest BCUT2D eigenvalue weighted by molar-refractivity contribution is -0.0187. The second kappa shape index (κ2) is 6.44. The van der Waals surface area contributed by atoms with Crippen molar-refractivity contribution >= 4 is 40.3 Å². The highest BCUT2D eigenvalue weighted by Crippen LogP contribution is 2.48. The zero-order chi connectivity index (χ0) is 18.5. The van der Waals surface area contributed by atoms with Crippen molar-refractivity contribution in [2.75, 3.05) is 0 Å². The van der Waals surface area contributed by atoms with Crippen LogP contribution in [0.1, 0.15) is 35.4 Å². The second-order valence-corrected chi connectivity index (χ2v) is 8.17. The van der Waals surface area contributed by atoms with E-state index in [4.69, 9.17) is 33.0 Å². The molecule has 0 radical (unpaired) electrons. The quantitative estimate of drug-likeness (QED) is 0.556. The molecule has 0 amide bonds. The van der Waals surface area contributed by atoms with E-state index in [2.05, 4.69) is 5.38 Å². The smallest absolute Gasteiger partial charge is 0.214 e. The molecule has 0 saturated heterocycles. The van der Waals surface area contributed by atoms with Crippen molar-refractivity contribution in [3.05, 3.63) is 80.0 Å². The van der Waals surface area contributed by atoms with Crippen molar-refractivity contribution < 1.29 is 9.84 Å². The first-order valence-corrected chi connectivity index (χ1v) is 10.1. The third-order valence-electron chi connectivity index (χ3n) is 4.85. The zero-order valence-corrected chi connectivity index (χ0v) is 16.3. The highest BCUT2D eigenvalue weighted by atomic mass is 35.5. The minimum Gasteiger partial charge on any atom is -0.507 e. The van der Waals surface area contributed by atoms with E-state index in [0.29, 0.717) is 22.0 Å². The average Bonchev–Trinajstić information content (AvgIpc) is 3.33. The predicted molar refractivity (Wildman–Crippen MR) is 108 cm³/mol. The molecule has 3 heterocycles. The highest BCUT2D eigenvalue weighted by molar-refractivity contribution is 7.07. The van der Waals surface area contributed by atoms with E-state index in [-0.39, 0.29) is 18.0 Å². The Balaban J connectivity index is 1.63. The summed E-state index contributed by atoms with van der Waals surface area (Å²) in [5.41, 5.74) is 3.46. The van der Waals surface area contributed by atoms with E-state index in [1.54, 1.807) is 29.5 Å². The van der Waals surface area contributed by atoms with Crippen LogP contribution in [0.2, 0.25) is 10.0 Å². The van der Waals surface area contributed by atoms with E-state index in [0.717, 1.165) is 22.6 Å². The molecule has 2 unspecified atom stereocenters. The van der Waals surface area contributed by atoms with Gasteiger partial charge >= 0.3 is 0 Å². The molecule has 1 N–H and O–H groups in total. The van der Waals surface area contributed by atoms with Gasteiger partial charge in [0.1, 0.15) is 11.5 Å². The SMILES string of the molecule is Oc1ccc(Cl)cc1C1=NN2C(C1)c1cc(Cl)ccc1OC2c1ccsc1. The summed E-state index contributed by atoms with van der Waals surface area (Å²) < 4.78 is 6.26. The third-order valence-corrected chi connectivity index (χ3v) is 6.02. The largest absolute Gasteiger partial charge is 0.507 e. The third kappa shape index (κ3) is 2.87. The van der Waals surface area contributed by atoms with Crippen LogP contribution in [-0.2, 0) is 0 Å². The average molecular weight is 417 g/mol. The minimum absolute atomic E-state index is 0.0225. The lowest BCUT2D eigenvalue weighted by atomic mass is 9.96. The van der Waals surface area contributed by atoms with E-state index < -0.39 is 0 Å². The number of nitrogens with zero attached hydrogens (tertiary/aromatic N) is 2. The number of halogens is 2. The normalized spacial score (nSPS) is 20.7. The Kier molecular flexibility index (Phi) is 4.04. The molecule has 2 aliphatic heterocycles. The number of aromatic hydroxyl groups is 1. The van der Waals surface area contributed by atoms with E-state index >= 15 is 0 Å². The number of ether oxygens (including phenoxy) is 1. The predicted octanol–water partition coefficient (Wildman–Crippen LogP) is 6.00. The van der Waals surface area contributed by atoms with Crippen LogP contribution in [-0.4, -0.2) is 15.8 Å². The van der Waals surface area contributed by atoms with Crippen LogP contribution >= 0.6 is 34.5 Å². The molecule has 0 spiro atoms. The van der Waals surface area contributed by atoms with Crippen LogP contribution in [0.15, 0.2) is 58.3 Å². The molecule has 2 aliphatic rings. The number of benzene rings is 2. The first-order valence-electron chi connectivity index (χ1n) is 8.43. The fourth-order valence-electron chi connectivity index (χ4n) is 3.60. The lowest BCUT2D eigenvalue weighted by Crippen LogP contribution is -2.33. The summed E-state index contributed by atoms with van der Waals surface area (Å²) in [6.07, 6.45) is 0.305. The summed E-state index contributed by atoms with van der Waals surface area (Å²) in [6.45, 7) is 0. The standard InChI is InChI=1S/C20H14Cl2N2O2S/c21-12-1-3-18(25)14(7-12)16-9-17-15-8-13(22)2-4-19(15)26-20(24(17)23-16)11-5-6-27-10-11/h1-8,10,17,20,25H,9H2. The number of fused-ring (bicyclic) bond motifs is 3. The van der Waals surface area contributed by atoms with Crippen LogP contribution in [0.3, 0.4) is 0 Å². The Labute approximate surface area is 170 Å². The van der Waals surface area contributed by atoms with Crippen LogP contribution in [0.5, 0.6) is 11.5 Å². The van der Waals surface area contributed by atoms with E-state index in [9.17, 15) is 5.11 Å². The van der Waals surface area contributed by atoms with E-state index in [1.807, 2.05) is 34.7 Å². The minimum atomic E-state index is -0.325. The molecule has 136 valence electrons. The molecule has 3 aromatic rings. The molecular formula is C20H14Cl2N2O2S. The number of hydrazone groups is 1. The van der Waals surface area contributed by atoms with Crippen molar-refractivity contribution in [2.24, 2.45) is 5.10 Å². The molecule has 27 heavy (non-hydrogen) atoms. The molecule has 4 nitrogen and oxygen atoms in total. The number of hydrogen-bond donors (Lipinski definition) is 1. The maximum absolute atomic E-state index is 10.3. The Bertz CT molecular complexity index is 1050. The number of rotatable bonds is 2. The summed E-state index contributed by atoms with van der Waals surface area (Å²) in [5.74, 6) is 0.973. The zero-order valence-electron chi connectivity index (χ0n) is 14.0. The van der Waals surface area contributed by atoms with Crippen LogP contribution in [0.4, 0.5) is 0 Å². The van der Waals surface area contributed by atoms with Gasteiger partial charge in [-0.25, -0.2) is 5.01 Å². The molecule has 2 atom stereocenters.